The van der Waals surface area contributed by atoms with Gasteiger partial charge in [-0.15, -0.1) is 0 Å². The maximum absolute atomic E-state index is 12.1. The molecule has 18 heavy (non-hydrogen) atoms. The van der Waals surface area contributed by atoms with Crippen molar-refractivity contribution in [3.8, 4) is 0 Å². The highest BCUT2D eigenvalue weighted by atomic mass is 35.5. The van der Waals surface area contributed by atoms with Gasteiger partial charge in [-0.25, -0.2) is 12.7 Å². The number of hydrogen-bond donors (Lipinski definition) is 1. The van der Waals surface area contributed by atoms with Crippen LogP contribution in [0.3, 0.4) is 0 Å². The Kier molecular flexibility index (Phi) is 4.98. The van der Waals surface area contributed by atoms with Gasteiger partial charge in [0, 0.05) is 18.6 Å². The van der Waals surface area contributed by atoms with E-state index in [9.17, 15) is 13.2 Å². The van der Waals surface area contributed by atoms with Crippen LogP contribution in [0.1, 0.15) is 6.42 Å². The molecular weight excluding hydrogens is 301 g/mol. The van der Waals surface area contributed by atoms with E-state index in [0.29, 0.717) is 5.02 Å². The number of carboxylic acids is 1. The summed E-state index contributed by atoms with van der Waals surface area (Å²) in [4.78, 5) is 10.3. The van der Waals surface area contributed by atoms with Crippen LogP contribution in [0.15, 0.2) is 23.1 Å². The van der Waals surface area contributed by atoms with Gasteiger partial charge in [0.15, 0.2) is 0 Å². The molecule has 1 aromatic rings. The molecule has 0 unspecified atom stereocenters. The number of carbonyl (C=O) groups is 1. The van der Waals surface area contributed by atoms with Gasteiger partial charge in [-0.05, 0) is 18.2 Å². The van der Waals surface area contributed by atoms with Crippen LogP contribution in [0.5, 0.6) is 0 Å². The van der Waals surface area contributed by atoms with Crippen LogP contribution in [-0.4, -0.2) is 37.4 Å². The Hall–Kier alpha value is -0.820. The molecule has 0 atom stereocenters. The van der Waals surface area contributed by atoms with E-state index in [1.165, 1.54) is 25.2 Å². The van der Waals surface area contributed by atoms with Crippen molar-refractivity contribution < 1.29 is 18.3 Å². The second-order valence-electron chi connectivity index (χ2n) is 3.55. The van der Waals surface area contributed by atoms with E-state index in [-0.39, 0.29) is 22.9 Å². The summed E-state index contributed by atoms with van der Waals surface area (Å²) in [6.07, 6.45) is -0.277. The fourth-order valence-electron chi connectivity index (χ4n) is 1.23. The zero-order valence-electron chi connectivity index (χ0n) is 9.43. The Balaban J connectivity index is 3.02. The molecule has 0 spiro atoms. The van der Waals surface area contributed by atoms with Crippen molar-refractivity contribution in [1.82, 2.24) is 4.31 Å². The molecule has 8 heteroatoms. The van der Waals surface area contributed by atoms with E-state index in [0.717, 1.165) is 4.31 Å². The minimum atomic E-state index is -3.80. The van der Waals surface area contributed by atoms with Crippen LogP contribution < -0.4 is 0 Å². The lowest BCUT2D eigenvalue weighted by molar-refractivity contribution is -0.137. The zero-order valence-corrected chi connectivity index (χ0v) is 11.8. The summed E-state index contributed by atoms with van der Waals surface area (Å²) in [5, 5.41) is 8.86. The van der Waals surface area contributed by atoms with Gasteiger partial charge in [-0.1, -0.05) is 23.2 Å². The van der Waals surface area contributed by atoms with Crippen molar-refractivity contribution in [2.24, 2.45) is 0 Å². The minimum Gasteiger partial charge on any atom is -0.481 e. The fraction of sp³-hybridized carbons (Fsp3) is 0.300. The van der Waals surface area contributed by atoms with E-state index in [4.69, 9.17) is 28.3 Å². The molecular formula is C10H11Cl2NO4S. The summed E-state index contributed by atoms with van der Waals surface area (Å²) in [5.41, 5.74) is 0. The van der Waals surface area contributed by atoms with E-state index in [1.54, 1.807) is 0 Å². The number of rotatable bonds is 5. The third kappa shape index (κ3) is 3.58. The van der Waals surface area contributed by atoms with Gasteiger partial charge in [0.25, 0.3) is 0 Å². The van der Waals surface area contributed by atoms with Crippen molar-refractivity contribution in [3.63, 3.8) is 0 Å². The molecule has 0 bridgehead atoms. The van der Waals surface area contributed by atoms with Gasteiger partial charge in [0.1, 0.15) is 4.90 Å². The Morgan fingerprint density at radius 1 is 1.39 bits per heavy atom. The van der Waals surface area contributed by atoms with Gasteiger partial charge in [0.2, 0.25) is 10.0 Å². The smallest absolute Gasteiger partial charge is 0.304 e. The number of aliphatic carboxylic acids is 1. The first-order valence-corrected chi connectivity index (χ1v) is 7.08. The van der Waals surface area contributed by atoms with Crippen molar-refractivity contribution in [2.75, 3.05) is 13.6 Å². The lowest BCUT2D eigenvalue weighted by Crippen LogP contribution is -2.29. The van der Waals surface area contributed by atoms with Gasteiger partial charge >= 0.3 is 5.97 Å². The molecule has 0 aromatic heterocycles. The Bertz CT molecular complexity index is 559. The van der Waals surface area contributed by atoms with Crippen LogP contribution in [0.25, 0.3) is 0 Å². The zero-order chi connectivity index (χ0) is 13.9. The summed E-state index contributed by atoms with van der Waals surface area (Å²) >= 11 is 11.5. The molecule has 100 valence electrons. The molecule has 1 N–H and O–H groups in total. The standard InChI is InChI=1S/C10H11Cl2NO4S/c1-13(5-4-10(14)15)18(16,17)9-3-2-7(11)6-8(9)12/h2-3,6H,4-5H2,1H3,(H,14,15). The van der Waals surface area contributed by atoms with Crippen molar-refractivity contribution in [3.05, 3.63) is 28.2 Å². The molecule has 0 radical (unpaired) electrons. The maximum atomic E-state index is 12.1. The predicted octanol–water partition coefficient (Wildman–Crippen LogP) is 2.09. The number of sulfonamides is 1. The molecule has 1 aromatic carbocycles. The molecule has 0 aliphatic rings. The summed E-state index contributed by atoms with van der Waals surface area (Å²) in [5.74, 6) is -1.07. The van der Waals surface area contributed by atoms with Crippen LogP contribution in [0.4, 0.5) is 0 Å². The lowest BCUT2D eigenvalue weighted by Gasteiger charge is -2.17. The second kappa shape index (κ2) is 5.88. The maximum Gasteiger partial charge on any atom is 0.304 e. The number of benzene rings is 1. The SMILES string of the molecule is CN(CCC(=O)O)S(=O)(=O)c1ccc(Cl)cc1Cl. The Morgan fingerprint density at radius 2 is 2.00 bits per heavy atom. The van der Waals surface area contributed by atoms with Crippen LogP contribution >= 0.6 is 23.2 Å². The van der Waals surface area contributed by atoms with E-state index < -0.39 is 16.0 Å². The summed E-state index contributed by atoms with van der Waals surface area (Å²) in [6, 6.07) is 4.02. The highest BCUT2D eigenvalue weighted by Gasteiger charge is 2.23. The average molecular weight is 312 g/mol. The summed E-state index contributed by atoms with van der Waals surface area (Å²) < 4.78 is 25.1. The van der Waals surface area contributed by atoms with Gasteiger partial charge in [-0.2, -0.15) is 0 Å². The van der Waals surface area contributed by atoms with Crippen LogP contribution in [0, 0.1) is 0 Å². The summed E-state index contributed by atoms with van der Waals surface area (Å²) in [6.45, 7) is -0.128. The first kappa shape index (κ1) is 15.2. The van der Waals surface area contributed by atoms with Crippen LogP contribution in [0.2, 0.25) is 10.0 Å². The summed E-state index contributed by atoms with van der Waals surface area (Å²) in [7, 11) is -2.51. The van der Waals surface area contributed by atoms with E-state index in [1.807, 2.05) is 0 Å². The van der Waals surface area contributed by atoms with Gasteiger partial charge in [0.05, 0.1) is 11.4 Å². The molecule has 1 rings (SSSR count). The normalized spacial score (nSPS) is 11.8. The Labute approximate surface area is 115 Å². The highest BCUT2D eigenvalue weighted by molar-refractivity contribution is 7.89. The van der Waals surface area contributed by atoms with Crippen LogP contribution in [-0.2, 0) is 14.8 Å². The highest BCUT2D eigenvalue weighted by Crippen LogP contribution is 2.26. The molecule has 5 nitrogen and oxygen atoms in total. The second-order valence-corrected chi connectivity index (χ2v) is 6.40. The number of halogens is 2. The lowest BCUT2D eigenvalue weighted by atomic mass is 10.4. The van der Waals surface area contributed by atoms with E-state index >= 15 is 0 Å². The number of hydrogen-bond acceptors (Lipinski definition) is 3. The van der Waals surface area contributed by atoms with Gasteiger partial charge < -0.3 is 5.11 Å². The molecule has 0 aliphatic heterocycles. The average Bonchev–Trinajstić information content (AvgIpc) is 2.24. The van der Waals surface area contributed by atoms with E-state index in [2.05, 4.69) is 0 Å². The monoisotopic (exact) mass is 311 g/mol. The number of nitrogens with zero attached hydrogens (tertiary/aromatic N) is 1. The first-order valence-electron chi connectivity index (χ1n) is 4.88. The minimum absolute atomic E-state index is 0.00433. The first-order chi connectivity index (χ1) is 8.25. The molecule has 0 amide bonds. The molecule has 0 aliphatic carbocycles. The molecule has 0 saturated carbocycles. The molecule has 0 saturated heterocycles. The third-order valence-corrected chi connectivity index (χ3v) is 4.80. The van der Waals surface area contributed by atoms with Gasteiger partial charge in [-0.3, -0.25) is 4.79 Å². The predicted molar refractivity (Wildman–Crippen MR) is 68.5 cm³/mol. The largest absolute Gasteiger partial charge is 0.481 e. The topological polar surface area (TPSA) is 74.7 Å². The van der Waals surface area contributed by atoms with Crippen molar-refractivity contribution in [1.29, 1.82) is 0 Å². The number of carboxylic acid groups (broad SMARTS) is 1. The Morgan fingerprint density at radius 3 is 2.50 bits per heavy atom. The molecule has 0 fully saturated rings. The van der Waals surface area contributed by atoms with Crippen molar-refractivity contribution in [2.45, 2.75) is 11.3 Å². The quantitative estimate of drug-likeness (QED) is 0.903. The third-order valence-electron chi connectivity index (χ3n) is 2.22. The van der Waals surface area contributed by atoms with Crippen molar-refractivity contribution >= 4 is 39.2 Å². The molecule has 0 heterocycles. The fourth-order valence-corrected chi connectivity index (χ4v) is 3.14.